The van der Waals surface area contributed by atoms with Gasteiger partial charge in [-0.15, -0.1) is 0 Å². The summed E-state index contributed by atoms with van der Waals surface area (Å²) in [7, 11) is 1.54. The van der Waals surface area contributed by atoms with Crippen molar-refractivity contribution < 1.29 is 18.8 Å². The van der Waals surface area contributed by atoms with Gasteiger partial charge < -0.3 is 23.9 Å². The number of pyridine rings is 1. The molecule has 1 aliphatic rings. The molecule has 3 heterocycles. The van der Waals surface area contributed by atoms with Gasteiger partial charge in [0.1, 0.15) is 12.4 Å². The molecule has 1 N–H and O–H groups in total. The first kappa shape index (κ1) is 22.0. The van der Waals surface area contributed by atoms with Crippen molar-refractivity contribution in [2.75, 3.05) is 13.7 Å². The number of hydrogen-bond acceptors (Lipinski definition) is 7. The fourth-order valence-corrected chi connectivity index (χ4v) is 4.08. The maximum Gasteiger partial charge on any atom is 0.264 e. The molecule has 0 saturated carbocycles. The topological polar surface area (TPSA) is 111 Å². The number of rotatable bonds is 7. The summed E-state index contributed by atoms with van der Waals surface area (Å²) in [5, 5.41) is 4.00. The monoisotopic (exact) mass is 458 g/mol. The Morgan fingerprint density at radius 2 is 2.06 bits per heavy atom. The normalized spacial score (nSPS) is 13.4. The minimum atomic E-state index is -0.235. The van der Waals surface area contributed by atoms with E-state index in [-0.39, 0.29) is 42.1 Å². The predicted molar refractivity (Wildman–Crippen MR) is 116 cm³/mol. The quantitative estimate of drug-likeness (QED) is 0.579. The number of ether oxygens (including phenoxy) is 2. The highest BCUT2D eigenvalue weighted by atomic mass is 35.5. The number of fused-ring (bicyclic) bond motifs is 1. The second-order valence-corrected chi connectivity index (χ2v) is 8.04. The van der Waals surface area contributed by atoms with E-state index in [1.54, 1.807) is 11.0 Å². The van der Waals surface area contributed by atoms with Gasteiger partial charge in [-0.3, -0.25) is 9.59 Å². The number of amides is 1. The summed E-state index contributed by atoms with van der Waals surface area (Å²) < 4.78 is 15.8. The number of aryl methyl sites for hydroxylation is 2. The average Bonchev–Trinajstić information content (AvgIpc) is 3.19. The van der Waals surface area contributed by atoms with Gasteiger partial charge in [-0.05, 0) is 43.5 Å². The van der Waals surface area contributed by atoms with Crippen LogP contribution in [0.3, 0.4) is 0 Å². The lowest BCUT2D eigenvalue weighted by Crippen LogP contribution is -2.39. The minimum absolute atomic E-state index is 0.00502. The summed E-state index contributed by atoms with van der Waals surface area (Å²) in [6.45, 7) is 4.65. The second-order valence-electron chi connectivity index (χ2n) is 7.66. The van der Waals surface area contributed by atoms with Gasteiger partial charge in [0.05, 0.1) is 17.1 Å². The largest absolute Gasteiger partial charge is 0.482 e. The van der Waals surface area contributed by atoms with Crippen LogP contribution < -0.4 is 10.3 Å². The smallest absolute Gasteiger partial charge is 0.264 e. The molecule has 0 unspecified atom stereocenters. The summed E-state index contributed by atoms with van der Waals surface area (Å²) >= 11 is 6.57. The van der Waals surface area contributed by atoms with Crippen molar-refractivity contribution in [3.63, 3.8) is 0 Å². The van der Waals surface area contributed by atoms with Crippen molar-refractivity contribution in [3.05, 3.63) is 73.2 Å². The third kappa shape index (κ3) is 4.39. The third-order valence-corrected chi connectivity index (χ3v) is 5.70. The number of hydrogen-bond donors (Lipinski definition) is 1. The first-order valence-corrected chi connectivity index (χ1v) is 10.5. The van der Waals surface area contributed by atoms with E-state index in [4.69, 9.17) is 25.6 Å². The molecule has 0 saturated heterocycles. The molecule has 0 radical (unpaired) electrons. The van der Waals surface area contributed by atoms with E-state index in [9.17, 15) is 9.59 Å². The number of halogens is 1. The SMILES string of the molecule is COCc1noc(COc2ccc3c(c2Cl)C(=O)N(Cc2c(C)cc(C)[nH]c2=O)CC3)n1. The number of H-pyrrole nitrogens is 1. The van der Waals surface area contributed by atoms with Crippen LogP contribution in [-0.4, -0.2) is 39.6 Å². The van der Waals surface area contributed by atoms with E-state index in [2.05, 4.69) is 15.1 Å². The van der Waals surface area contributed by atoms with Gasteiger partial charge in [0.2, 0.25) is 0 Å². The van der Waals surface area contributed by atoms with Crippen LogP contribution in [0.2, 0.25) is 5.02 Å². The summed E-state index contributed by atoms with van der Waals surface area (Å²) in [4.78, 5) is 34.2. The van der Waals surface area contributed by atoms with E-state index in [0.717, 1.165) is 16.8 Å². The van der Waals surface area contributed by atoms with Crippen molar-refractivity contribution in [1.29, 1.82) is 0 Å². The van der Waals surface area contributed by atoms with Crippen LogP contribution in [0.25, 0.3) is 0 Å². The van der Waals surface area contributed by atoms with E-state index >= 15 is 0 Å². The van der Waals surface area contributed by atoms with Crippen LogP contribution in [0, 0.1) is 13.8 Å². The van der Waals surface area contributed by atoms with Crippen molar-refractivity contribution in [1.82, 2.24) is 20.0 Å². The van der Waals surface area contributed by atoms with Crippen LogP contribution in [-0.2, 0) is 30.9 Å². The molecular weight excluding hydrogens is 436 g/mol. The lowest BCUT2D eigenvalue weighted by Gasteiger charge is -2.30. The van der Waals surface area contributed by atoms with Gasteiger partial charge in [-0.25, -0.2) is 0 Å². The Labute approximate surface area is 189 Å². The van der Waals surface area contributed by atoms with Gasteiger partial charge in [0.15, 0.2) is 12.4 Å². The standard InChI is InChI=1S/C22H23ClN4O5/c1-12-8-13(2)24-21(28)15(12)9-27-7-6-14-4-5-16(20(23)19(14)22(27)29)31-11-18-25-17(10-30-3)26-32-18/h4-5,8H,6-7,9-11H2,1-3H3,(H,24,28). The minimum Gasteiger partial charge on any atom is -0.482 e. The van der Waals surface area contributed by atoms with E-state index in [0.29, 0.717) is 35.7 Å². The number of aromatic amines is 1. The van der Waals surface area contributed by atoms with Crippen LogP contribution in [0.1, 0.15) is 44.5 Å². The second kappa shape index (κ2) is 9.13. The highest BCUT2D eigenvalue weighted by Crippen LogP contribution is 2.35. The van der Waals surface area contributed by atoms with E-state index in [1.165, 1.54) is 7.11 Å². The Morgan fingerprint density at radius 3 is 2.81 bits per heavy atom. The molecule has 3 aromatic rings. The molecule has 1 amide bonds. The molecule has 0 fully saturated rings. The molecule has 1 aliphatic heterocycles. The molecule has 168 valence electrons. The van der Waals surface area contributed by atoms with Crippen molar-refractivity contribution in [3.8, 4) is 5.75 Å². The molecule has 10 heteroatoms. The molecule has 0 spiro atoms. The van der Waals surface area contributed by atoms with Crippen LogP contribution in [0.5, 0.6) is 5.75 Å². The van der Waals surface area contributed by atoms with Gasteiger partial charge in [0.25, 0.3) is 17.4 Å². The van der Waals surface area contributed by atoms with Gasteiger partial charge in [-0.2, -0.15) is 4.98 Å². The number of carbonyl (C=O) groups is 1. The summed E-state index contributed by atoms with van der Waals surface area (Å²) in [6.07, 6.45) is 0.633. The first-order valence-electron chi connectivity index (χ1n) is 10.1. The van der Waals surface area contributed by atoms with Crippen LogP contribution >= 0.6 is 11.6 Å². The Bertz CT molecular complexity index is 1220. The summed E-state index contributed by atoms with van der Waals surface area (Å²) in [6, 6.07) is 5.46. The number of methoxy groups -OCH3 is 1. The van der Waals surface area contributed by atoms with Gasteiger partial charge in [0, 0.05) is 24.9 Å². The lowest BCUT2D eigenvalue weighted by atomic mass is 9.97. The third-order valence-electron chi connectivity index (χ3n) is 5.32. The predicted octanol–water partition coefficient (Wildman–Crippen LogP) is 2.95. The highest BCUT2D eigenvalue weighted by molar-refractivity contribution is 6.35. The molecule has 32 heavy (non-hydrogen) atoms. The Morgan fingerprint density at radius 1 is 1.25 bits per heavy atom. The number of aromatic nitrogens is 3. The maximum absolute atomic E-state index is 13.3. The first-order chi connectivity index (χ1) is 15.4. The number of nitrogens with zero attached hydrogens (tertiary/aromatic N) is 3. The molecule has 0 bridgehead atoms. The van der Waals surface area contributed by atoms with E-state index < -0.39 is 0 Å². The molecule has 1 aromatic carbocycles. The van der Waals surface area contributed by atoms with Gasteiger partial charge >= 0.3 is 0 Å². The number of benzene rings is 1. The molecule has 9 nitrogen and oxygen atoms in total. The lowest BCUT2D eigenvalue weighted by molar-refractivity contribution is 0.0725. The molecule has 2 aromatic heterocycles. The zero-order valence-corrected chi connectivity index (χ0v) is 18.8. The summed E-state index contributed by atoms with van der Waals surface area (Å²) in [5.74, 6) is 0.792. The Kier molecular flexibility index (Phi) is 6.29. The molecule has 4 rings (SSSR count). The van der Waals surface area contributed by atoms with Crippen molar-refractivity contribution in [2.24, 2.45) is 0 Å². The highest BCUT2D eigenvalue weighted by Gasteiger charge is 2.29. The number of carbonyl (C=O) groups excluding carboxylic acids is 1. The summed E-state index contributed by atoms with van der Waals surface area (Å²) in [5.41, 5.74) is 3.25. The molecule has 0 atom stereocenters. The zero-order chi connectivity index (χ0) is 22.8. The zero-order valence-electron chi connectivity index (χ0n) is 18.0. The Balaban J connectivity index is 1.54. The number of nitrogens with one attached hydrogen (secondary N) is 1. The van der Waals surface area contributed by atoms with Gasteiger partial charge in [-0.1, -0.05) is 22.8 Å². The Hall–Kier alpha value is -3.17. The fraction of sp³-hybridized carbons (Fsp3) is 0.364. The van der Waals surface area contributed by atoms with Crippen LogP contribution in [0.15, 0.2) is 27.5 Å². The van der Waals surface area contributed by atoms with E-state index in [1.807, 2.05) is 26.0 Å². The fourth-order valence-electron chi connectivity index (χ4n) is 3.76. The van der Waals surface area contributed by atoms with Crippen molar-refractivity contribution in [2.45, 2.75) is 40.0 Å². The maximum atomic E-state index is 13.3. The van der Waals surface area contributed by atoms with Crippen molar-refractivity contribution >= 4 is 17.5 Å². The van der Waals surface area contributed by atoms with Crippen LogP contribution in [0.4, 0.5) is 0 Å². The molecular formula is C22H23ClN4O5. The average molecular weight is 459 g/mol. The molecule has 0 aliphatic carbocycles.